The Hall–Kier alpha value is -3.07. The fourth-order valence-corrected chi connectivity index (χ4v) is 5.76. The van der Waals surface area contributed by atoms with E-state index < -0.39 is 16.1 Å². The minimum Gasteiger partial charge on any atom is -0.354 e. The number of rotatable bonds is 14. The van der Waals surface area contributed by atoms with Gasteiger partial charge in [0.2, 0.25) is 21.8 Å². The first-order chi connectivity index (χ1) is 19.1. The van der Waals surface area contributed by atoms with Gasteiger partial charge in [-0.1, -0.05) is 90.8 Å². The van der Waals surface area contributed by atoms with Gasteiger partial charge in [-0.15, -0.1) is 0 Å². The summed E-state index contributed by atoms with van der Waals surface area (Å²) in [7, 11) is -3.70. The highest BCUT2D eigenvalue weighted by Gasteiger charge is 2.30. The lowest BCUT2D eigenvalue weighted by atomic mass is 10.0. The van der Waals surface area contributed by atoms with E-state index in [0.29, 0.717) is 18.0 Å². The predicted molar refractivity (Wildman–Crippen MR) is 162 cm³/mol. The molecule has 0 spiro atoms. The number of halogens is 2. The first-order valence-electron chi connectivity index (χ1n) is 13.2. The maximum absolute atomic E-state index is 13.8. The zero-order valence-corrected chi connectivity index (χ0v) is 25.1. The number of hydrogen-bond donors (Lipinski definition) is 1. The third-order valence-electron chi connectivity index (χ3n) is 6.35. The second-order valence-corrected chi connectivity index (χ2v) is 12.3. The van der Waals surface area contributed by atoms with Gasteiger partial charge in [-0.2, -0.15) is 0 Å². The van der Waals surface area contributed by atoms with Gasteiger partial charge in [0.25, 0.3) is 0 Å². The molecular formula is C30H35Cl2N3O4S. The quantitative estimate of drug-likeness (QED) is 0.256. The molecule has 0 saturated carbocycles. The van der Waals surface area contributed by atoms with Crippen molar-refractivity contribution < 1.29 is 18.0 Å². The van der Waals surface area contributed by atoms with Crippen LogP contribution in [0.1, 0.15) is 37.3 Å². The number of amides is 2. The Morgan fingerprint density at radius 3 is 2.15 bits per heavy atom. The molecule has 0 aliphatic rings. The van der Waals surface area contributed by atoms with Crippen LogP contribution < -0.4 is 9.62 Å². The first kappa shape index (κ1) is 31.5. The van der Waals surface area contributed by atoms with Crippen molar-refractivity contribution in [3.63, 3.8) is 0 Å². The van der Waals surface area contributed by atoms with Gasteiger partial charge in [0, 0.05) is 37.5 Å². The lowest BCUT2D eigenvalue weighted by molar-refractivity contribution is -0.141. The molecule has 3 rings (SSSR count). The Bertz CT molecular complexity index is 1370. The molecule has 3 aromatic carbocycles. The standard InChI is InChI=1S/C30H35Cl2N3O4S/c1-3-18-33-30(37)28(20-23-11-6-4-7-12-23)34(22-24-13-8-5-9-14-24)29(36)15-10-19-35(40(2,38)39)27-21-25(31)16-17-26(27)32/h4-9,11-14,16-17,21,28H,3,10,15,18-20,22H2,1-2H3,(H,33,37). The van der Waals surface area contributed by atoms with Crippen molar-refractivity contribution in [2.45, 2.75) is 45.2 Å². The fraction of sp³-hybridized carbons (Fsp3) is 0.333. The Morgan fingerprint density at radius 1 is 0.925 bits per heavy atom. The Morgan fingerprint density at radius 2 is 1.55 bits per heavy atom. The smallest absolute Gasteiger partial charge is 0.243 e. The summed E-state index contributed by atoms with van der Waals surface area (Å²) in [5, 5.41) is 3.54. The van der Waals surface area contributed by atoms with Crippen molar-refractivity contribution in [2.75, 3.05) is 23.7 Å². The van der Waals surface area contributed by atoms with Crippen molar-refractivity contribution in [1.82, 2.24) is 10.2 Å². The highest BCUT2D eigenvalue weighted by Crippen LogP contribution is 2.31. The molecule has 3 aromatic rings. The molecule has 2 amide bonds. The Kier molecular flexibility index (Phi) is 11.9. The highest BCUT2D eigenvalue weighted by atomic mass is 35.5. The Balaban J connectivity index is 1.86. The van der Waals surface area contributed by atoms with Crippen LogP contribution in [0.15, 0.2) is 78.9 Å². The summed E-state index contributed by atoms with van der Waals surface area (Å²) in [5.41, 5.74) is 2.08. The van der Waals surface area contributed by atoms with Gasteiger partial charge in [-0.3, -0.25) is 13.9 Å². The van der Waals surface area contributed by atoms with Crippen LogP contribution in [0.25, 0.3) is 0 Å². The average Bonchev–Trinajstić information content (AvgIpc) is 2.93. The van der Waals surface area contributed by atoms with Crippen molar-refractivity contribution in [2.24, 2.45) is 0 Å². The monoisotopic (exact) mass is 603 g/mol. The number of carbonyl (C=O) groups excluding carboxylic acids is 2. The van der Waals surface area contributed by atoms with Crippen LogP contribution in [0.4, 0.5) is 5.69 Å². The number of sulfonamides is 1. The van der Waals surface area contributed by atoms with Gasteiger partial charge in [0.05, 0.1) is 17.0 Å². The van der Waals surface area contributed by atoms with E-state index in [1.807, 2.05) is 67.6 Å². The summed E-state index contributed by atoms with van der Waals surface area (Å²) in [5.74, 6) is -0.472. The van der Waals surface area contributed by atoms with Gasteiger partial charge in [0.1, 0.15) is 6.04 Å². The second-order valence-electron chi connectivity index (χ2n) is 9.54. The molecule has 1 unspecified atom stereocenters. The van der Waals surface area contributed by atoms with E-state index in [9.17, 15) is 18.0 Å². The molecule has 40 heavy (non-hydrogen) atoms. The number of hydrogen-bond acceptors (Lipinski definition) is 4. The van der Waals surface area contributed by atoms with E-state index in [1.165, 1.54) is 12.1 Å². The Labute approximate surface area is 247 Å². The number of anilines is 1. The van der Waals surface area contributed by atoms with Crippen LogP contribution in [-0.4, -0.2) is 50.5 Å². The van der Waals surface area contributed by atoms with Crippen LogP contribution >= 0.6 is 23.2 Å². The van der Waals surface area contributed by atoms with Crippen LogP contribution in [0.2, 0.25) is 10.0 Å². The van der Waals surface area contributed by atoms with Gasteiger partial charge < -0.3 is 10.2 Å². The van der Waals surface area contributed by atoms with Crippen molar-refractivity contribution in [3.8, 4) is 0 Å². The normalized spacial score (nSPS) is 12.0. The third kappa shape index (κ3) is 9.25. The van der Waals surface area contributed by atoms with Gasteiger partial charge in [-0.25, -0.2) is 8.42 Å². The minimum atomic E-state index is -3.70. The zero-order valence-electron chi connectivity index (χ0n) is 22.7. The average molecular weight is 605 g/mol. The summed E-state index contributed by atoms with van der Waals surface area (Å²) in [6.07, 6.45) is 2.45. The molecule has 214 valence electrons. The zero-order chi connectivity index (χ0) is 29.1. The topological polar surface area (TPSA) is 86.8 Å². The van der Waals surface area contributed by atoms with Crippen LogP contribution in [0, 0.1) is 0 Å². The summed E-state index contributed by atoms with van der Waals surface area (Å²) in [6.45, 7) is 2.74. The summed E-state index contributed by atoms with van der Waals surface area (Å²) in [6, 6.07) is 22.9. The molecule has 0 aromatic heterocycles. The molecule has 0 heterocycles. The maximum atomic E-state index is 13.8. The largest absolute Gasteiger partial charge is 0.354 e. The van der Waals surface area contributed by atoms with Crippen LogP contribution in [-0.2, 0) is 32.6 Å². The second kappa shape index (κ2) is 15.1. The lowest BCUT2D eigenvalue weighted by Crippen LogP contribution is -2.50. The maximum Gasteiger partial charge on any atom is 0.243 e. The van der Waals surface area contributed by atoms with E-state index in [-0.39, 0.29) is 48.5 Å². The molecule has 0 fully saturated rings. The number of benzene rings is 3. The van der Waals surface area contributed by atoms with Crippen molar-refractivity contribution >= 4 is 50.7 Å². The number of nitrogens with one attached hydrogen (secondary N) is 1. The van der Waals surface area contributed by atoms with E-state index in [4.69, 9.17) is 23.2 Å². The number of nitrogens with zero attached hydrogens (tertiary/aromatic N) is 2. The molecule has 7 nitrogen and oxygen atoms in total. The summed E-state index contributed by atoms with van der Waals surface area (Å²) >= 11 is 12.4. The molecule has 0 aliphatic carbocycles. The minimum absolute atomic E-state index is 0.0230. The first-order valence-corrected chi connectivity index (χ1v) is 15.8. The van der Waals surface area contributed by atoms with Crippen LogP contribution in [0.5, 0.6) is 0 Å². The van der Waals surface area contributed by atoms with E-state index in [0.717, 1.165) is 28.1 Å². The molecule has 10 heteroatoms. The molecule has 0 saturated heterocycles. The van der Waals surface area contributed by atoms with Crippen molar-refractivity contribution in [3.05, 3.63) is 100 Å². The lowest BCUT2D eigenvalue weighted by Gasteiger charge is -2.32. The van der Waals surface area contributed by atoms with E-state index in [2.05, 4.69) is 5.32 Å². The summed E-state index contributed by atoms with van der Waals surface area (Å²) in [4.78, 5) is 28.8. The van der Waals surface area contributed by atoms with Crippen molar-refractivity contribution in [1.29, 1.82) is 0 Å². The fourth-order valence-electron chi connectivity index (χ4n) is 4.36. The molecule has 0 aliphatic heterocycles. The SMILES string of the molecule is CCCNC(=O)C(Cc1ccccc1)N(Cc1ccccc1)C(=O)CCCN(c1cc(Cl)ccc1Cl)S(C)(=O)=O. The molecule has 1 atom stereocenters. The van der Waals surface area contributed by atoms with Gasteiger partial charge in [-0.05, 0) is 42.2 Å². The van der Waals surface area contributed by atoms with Crippen LogP contribution in [0.3, 0.4) is 0 Å². The molecule has 0 radical (unpaired) electrons. The number of carbonyl (C=O) groups is 2. The van der Waals surface area contributed by atoms with E-state index >= 15 is 0 Å². The molecule has 1 N–H and O–H groups in total. The van der Waals surface area contributed by atoms with Gasteiger partial charge >= 0.3 is 0 Å². The van der Waals surface area contributed by atoms with Gasteiger partial charge in [0.15, 0.2) is 0 Å². The third-order valence-corrected chi connectivity index (χ3v) is 8.08. The van der Waals surface area contributed by atoms with E-state index in [1.54, 1.807) is 11.0 Å². The molecule has 0 bridgehead atoms. The molecular weight excluding hydrogens is 569 g/mol. The summed E-state index contributed by atoms with van der Waals surface area (Å²) < 4.78 is 26.4. The predicted octanol–water partition coefficient (Wildman–Crippen LogP) is 5.71. The highest BCUT2D eigenvalue weighted by molar-refractivity contribution is 7.92.